The van der Waals surface area contributed by atoms with Crippen LogP contribution in [0, 0.1) is 10.1 Å². The molecule has 0 aliphatic carbocycles. The standard InChI is InChI=1S/C12H13FN6O2/c13-9-2-1-5-17(7-9)11-4-3-10(6-12(11)19(20)21)18-8-14-15-16-18/h3-4,6,8-9H,1-2,5,7H2. The summed E-state index contributed by atoms with van der Waals surface area (Å²) < 4.78 is 14.9. The predicted octanol–water partition coefficient (Wildman–Crippen LogP) is 1.51. The number of anilines is 1. The third-order valence-corrected chi connectivity index (χ3v) is 3.47. The number of halogens is 1. The topological polar surface area (TPSA) is 90.0 Å². The summed E-state index contributed by atoms with van der Waals surface area (Å²) >= 11 is 0. The van der Waals surface area contributed by atoms with Crippen molar-refractivity contribution in [1.82, 2.24) is 20.2 Å². The Balaban J connectivity index is 1.98. The summed E-state index contributed by atoms with van der Waals surface area (Å²) in [7, 11) is 0. The van der Waals surface area contributed by atoms with Gasteiger partial charge in [-0.2, -0.15) is 0 Å². The van der Waals surface area contributed by atoms with Gasteiger partial charge in [0.15, 0.2) is 0 Å². The summed E-state index contributed by atoms with van der Waals surface area (Å²) in [5, 5.41) is 22.0. The number of aromatic nitrogens is 4. The molecule has 2 heterocycles. The minimum atomic E-state index is -0.947. The average Bonchev–Trinajstić information content (AvgIpc) is 3.01. The van der Waals surface area contributed by atoms with Gasteiger partial charge >= 0.3 is 0 Å². The fourth-order valence-electron chi connectivity index (χ4n) is 2.49. The molecule has 1 saturated heterocycles. The third kappa shape index (κ3) is 2.67. The van der Waals surface area contributed by atoms with E-state index in [1.165, 1.54) is 17.1 Å². The Morgan fingerprint density at radius 1 is 1.43 bits per heavy atom. The molecule has 0 amide bonds. The maximum atomic E-state index is 13.5. The van der Waals surface area contributed by atoms with Gasteiger partial charge in [0.25, 0.3) is 5.69 Å². The first-order chi connectivity index (χ1) is 10.1. The molecule has 8 nitrogen and oxygen atoms in total. The lowest BCUT2D eigenvalue weighted by Crippen LogP contribution is -2.36. The van der Waals surface area contributed by atoms with Gasteiger partial charge < -0.3 is 4.90 Å². The molecule has 9 heteroatoms. The van der Waals surface area contributed by atoms with Crippen LogP contribution in [-0.2, 0) is 0 Å². The summed E-state index contributed by atoms with van der Waals surface area (Å²) in [6.07, 6.45) is 1.61. The zero-order chi connectivity index (χ0) is 14.8. The third-order valence-electron chi connectivity index (χ3n) is 3.47. The fraction of sp³-hybridized carbons (Fsp3) is 0.417. The number of piperidine rings is 1. The summed E-state index contributed by atoms with van der Waals surface area (Å²) in [5.41, 5.74) is 0.848. The Bertz CT molecular complexity index is 647. The van der Waals surface area contributed by atoms with Crippen molar-refractivity contribution < 1.29 is 9.31 Å². The minimum Gasteiger partial charge on any atom is -0.363 e. The number of nitrogens with zero attached hydrogens (tertiary/aromatic N) is 6. The van der Waals surface area contributed by atoms with Crippen molar-refractivity contribution >= 4 is 11.4 Å². The van der Waals surface area contributed by atoms with Crippen LogP contribution < -0.4 is 4.90 Å². The van der Waals surface area contributed by atoms with Crippen molar-refractivity contribution in [3.05, 3.63) is 34.6 Å². The molecule has 0 N–H and O–H groups in total. The van der Waals surface area contributed by atoms with Crippen LogP contribution in [0.1, 0.15) is 12.8 Å². The molecule has 2 aromatic rings. The molecule has 1 unspecified atom stereocenters. The van der Waals surface area contributed by atoms with Gasteiger partial charge in [0, 0.05) is 19.2 Å². The quantitative estimate of drug-likeness (QED) is 0.629. The number of tetrazole rings is 1. The molecule has 1 aromatic carbocycles. The Morgan fingerprint density at radius 2 is 2.29 bits per heavy atom. The number of hydrogen-bond donors (Lipinski definition) is 0. The lowest BCUT2D eigenvalue weighted by atomic mass is 10.1. The first-order valence-corrected chi connectivity index (χ1v) is 6.56. The molecule has 1 aliphatic rings. The van der Waals surface area contributed by atoms with Gasteiger partial charge in [-0.25, -0.2) is 9.07 Å². The molecule has 0 spiro atoms. The zero-order valence-electron chi connectivity index (χ0n) is 11.1. The number of alkyl halides is 1. The number of rotatable bonds is 3. The lowest BCUT2D eigenvalue weighted by molar-refractivity contribution is -0.384. The van der Waals surface area contributed by atoms with E-state index in [2.05, 4.69) is 15.5 Å². The second-order valence-corrected chi connectivity index (χ2v) is 4.87. The van der Waals surface area contributed by atoms with Gasteiger partial charge in [-0.1, -0.05) is 0 Å². The Morgan fingerprint density at radius 3 is 2.95 bits per heavy atom. The van der Waals surface area contributed by atoms with Crippen LogP contribution in [0.25, 0.3) is 5.69 Å². The smallest absolute Gasteiger partial charge is 0.294 e. The minimum absolute atomic E-state index is 0.0721. The highest BCUT2D eigenvalue weighted by atomic mass is 19.1. The second-order valence-electron chi connectivity index (χ2n) is 4.87. The van der Waals surface area contributed by atoms with E-state index in [-0.39, 0.29) is 12.2 Å². The highest BCUT2D eigenvalue weighted by Crippen LogP contribution is 2.32. The van der Waals surface area contributed by atoms with Crippen molar-refractivity contribution in [3.8, 4) is 5.69 Å². The van der Waals surface area contributed by atoms with E-state index in [0.717, 1.165) is 0 Å². The molecule has 1 atom stereocenters. The molecular weight excluding hydrogens is 279 g/mol. The number of nitro groups is 1. The number of hydrogen-bond acceptors (Lipinski definition) is 6. The van der Waals surface area contributed by atoms with E-state index in [1.807, 2.05) is 0 Å². The van der Waals surface area contributed by atoms with Crippen molar-refractivity contribution in [2.45, 2.75) is 19.0 Å². The molecule has 1 aliphatic heterocycles. The molecule has 0 saturated carbocycles. The Kier molecular flexibility index (Phi) is 3.46. The van der Waals surface area contributed by atoms with Crippen LogP contribution in [0.15, 0.2) is 24.5 Å². The molecule has 1 aromatic heterocycles. The van der Waals surface area contributed by atoms with E-state index < -0.39 is 11.1 Å². The maximum absolute atomic E-state index is 13.5. The second kappa shape index (κ2) is 5.43. The highest BCUT2D eigenvalue weighted by Gasteiger charge is 2.25. The van der Waals surface area contributed by atoms with E-state index in [4.69, 9.17) is 0 Å². The molecular formula is C12H13FN6O2. The summed E-state index contributed by atoms with van der Waals surface area (Å²) in [6, 6.07) is 4.70. The number of benzene rings is 1. The van der Waals surface area contributed by atoms with Crippen LogP contribution in [0.4, 0.5) is 15.8 Å². The van der Waals surface area contributed by atoms with E-state index in [0.29, 0.717) is 30.8 Å². The highest BCUT2D eigenvalue weighted by molar-refractivity contribution is 5.66. The fourth-order valence-corrected chi connectivity index (χ4v) is 2.49. The van der Waals surface area contributed by atoms with E-state index in [9.17, 15) is 14.5 Å². The zero-order valence-corrected chi connectivity index (χ0v) is 11.1. The van der Waals surface area contributed by atoms with Gasteiger partial charge in [-0.3, -0.25) is 10.1 Å². The predicted molar refractivity (Wildman–Crippen MR) is 72.2 cm³/mol. The molecule has 0 radical (unpaired) electrons. The first kappa shape index (κ1) is 13.4. The van der Waals surface area contributed by atoms with Gasteiger partial charge in [0.2, 0.25) is 0 Å². The molecule has 0 bridgehead atoms. The van der Waals surface area contributed by atoms with Crippen molar-refractivity contribution in [3.63, 3.8) is 0 Å². The SMILES string of the molecule is O=[N+]([O-])c1cc(-n2cnnn2)ccc1N1CCCC(F)C1. The normalized spacial score (nSPS) is 18.7. The summed E-state index contributed by atoms with van der Waals surface area (Å²) in [5.74, 6) is 0. The van der Waals surface area contributed by atoms with E-state index >= 15 is 0 Å². The largest absolute Gasteiger partial charge is 0.363 e. The summed E-state index contributed by atoms with van der Waals surface area (Å²) in [4.78, 5) is 12.5. The Hall–Kier alpha value is -2.58. The van der Waals surface area contributed by atoms with Crippen LogP contribution in [0.5, 0.6) is 0 Å². The Labute approximate surface area is 119 Å². The van der Waals surface area contributed by atoms with Gasteiger partial charge in [-0.05, 0) is 35.4 Å². The van der Waals surface area contributed by atoms with Crippen LogP contribution in [0.3, 0.4) is 0 Å². The van der Waals surface area contributed by atoms with Crippen LogP contribution in [0.2, 0.25) is 0 Å². The molecule has 1 fully saturated rings. The lowest BCUT2D eigenvalue weighted by Gasteiger charge is -2.30. The maximum Gasteiger partial charge on any atom is 0.294 e. The van der Waals surface area contributed by atoms with Crippen molar-refractivity contribution in [2.75, 3.05) is 18.0 Å². The van der Waals surface area contributed by atoms with Crippen LogP contribution >= 0.6 is 0 Å². The molecule has 3 rings (SSSR count). The monoisotopic (exact) mass is 292 g/mol. The van der Waals surface area contributed by atoms with Gasteiger partial charge in [0.1, 0.15) is 18.2 Å². The molecule has 110 valence electrons. The van der Waals surface area contributed by atoms with Gasteiger partial charge in [0.05, 0.1) is 10.6 Å². The van der Waals surface area contributed by atoms with E-state index in [1.54, 1.807) is 17.0 Å². The average molecular weight is 292 g/mol. The number of nitro benzene ring substituents is 1. The van der Waals surface area contributed by atoms with Gasteiger partial charge in [-0.15, -0.1) is 5.10 Å². The van der Waals surface area contributed by atoms with Crippen LogP contribution in [-0.4, -0.2) is 44.4 Å². The van der Waals surface area contributed by atoms with Crippen molar-refractivity contribution in [1.29, 1.82) is 0 Å². The first-order valence-electron chi connectivity index (χ1n) is 6.56. The molecule has 21 heavy (non-hydrogen) atoms. The summed E-state index contributed by atoms with van der Waals surface area (Å²) in [6.45, 7) is 0.802. The van der Waals surface area contributed by atoms with Crippen molar-refractivity contribution in [2.24, 2.45) is 0 Å².